The van der Waals surface area contributed by atoms with E-state index in [0.29, 0.717) is 6.10 Å². The number of nitrogens with zero attached hydrogens (tertiary/aromatic N) is 1. The Kier molecular flexibility index (Phi) is 4.12. The number of carbonyl (C=O) groups excluding carboxylic acids is 1. The number of carbonyl (C=O) groups is 1. The van der Waals surface area contributed by atoms with Crippen LogP contribution >= 0.6 is 0 Å². The Morgan fingerprint density at radius 2 is 2.33 bits per heavy atom. The summed E-state index contributed by atoms with van der Waals surface area (Å²) in [5.41, 5.74) is 3.07. The highest BCUT2D eigenvalue weighted by Crippen LogP contribution is 2.34. The third-order valence-corrected chi connectivity index (χ3v) is 4.22. The van der Waals surface area contributed by atoms with Gasteiger partial charge in [0.2, 0.25) is 5.91 Å². The first kappa shape index (κ1) is 14.4. The fourth-order valence-corrected chi connectivity index (χ4v) is 3.09. The van der Waals surface area contributed by atoms with Crippen molar-refractivity contribution in [2.24, 2.45) is 0 Å². The Morgan fingerprint density at radius 1 is 1.48 bits per heavy atom. The standard InChI is InChI=1S/C16H23N3O2/c1-3-17-15-13-7-6-11(9-14(13)18-16(15)20)19(2)10-12-5-4-8-21-12/h6-7,9,12,15,17H,3-5,8,10H2,1-2H3,(H,18,20). The van der Waals surface area contributed by atoms with E-state index >= 15 is 0 Å². The van der Waals surface area contributed by atoms with Crippen LogP contribution < -0.4 is 15.5 Å². The van der Waals surface area contributed by atoms with E-state index in [9.17, 15) is 4.79 Å². The topological polar surface area (TPSA) is 53.6 Å². The molecule has 2 N–H and O–H groups in total. The van der Waals surface area contributed by atoms with Gasteiger partial charge in [-0.2, -0.15) is 0 Å². The summed E-state index contributed by atoms with van der Waals surface area (Å²) in [5.74, 6) is 0.0331. The molecule has 2 aliphatic rings. The second-order valence-corrected chi connectivity index (χ2v) is 5.77. The molecule has 2 heterocycles. The van der Waals surface area contributed by atoms with Crippen LogP contribution in [0.2, 0.25) is 0 Å². The van der Waals surface area contributed by atoms with Crippen molar-refractivity contribution in [1.82, 2.24) is 5.32 Å². The average molecular weight is 289 g/mol. The van der Waals surface area contributed by atoms with Gasteiger partial charge in [-0.3, -0.25) is 4.79 Å². The van der Waals surface area contributed by atoms with E-state index in [2.05, 4.69) is 34.7 Å². The van der Waals surface area contributed by atoms with Crippen molar-refractivity contribution in [3.8, 4) is 0 Å². The summed E-state index contributed by atoms with van der Waals surface area (Å²) in [5, 5.41) is 6.17. The molecule has 0 saturated carbocycles. The van der Waals surface area contributed by atoms with Crippen LogP contribution in [0, 0.1) is 0 Å². The Morgan fingerprint density at radius 3 is 3.05 bits per heavy atom. The molecule has 0 aliphatic carbocycles. The van der Waals surface area contributed by atoms with E-state index in [-0.39, 0.29) is 11.9 Å². The molecule has 1 saturated heterocycles. The second kappa shape index (κ2) is 6.03. The summed E-state index contributed by atoms with van der Waals surface area (Å²) in [6.07, 6.45) is 2.62. The summed E-state index contributed by atoms with van der Waals surface area (Å²) in [6.45, 7) is 4.56. The average Bonchev–Trinajstić information content (AvgIpc) is 3.07. The molecule has 114 valence electrons. The maximum absolute atomic E-state index is 12.0. The van der Waals surface area contributed by atoms with Gasteiger partial charge in [-0.05, 0) is 31.5 Å². The molecule has 0 aromatic heterocycles. The quantitative estimate of drug-likeness (QED) is 0.869. The Labute approximate surface area is 125 Å². The van der Waals surface area contributed by atoms with E-state index in [0.717, 1.165) is 49.5 Å². The highest BCUT2D eigenvalue weighted by molar-refractivity contribution is 6.03. The molecule has 5 nitrogen and oxygen atoms in total. The van der Waals surface area contributed by atoms with E-state index in [1.165, 1.54) is 0 Å². The second-order valence-electron chi connectivity index (χ2n) is 5.77. The molecule has 5 heteroatoms. The van der Waals surface area contributed by atoms with Gasteiger partial charge in [0.1, 0.15) is 6.04 Å². The number of hydrogen-bond acceptors (Lipinski definition) is 4. The Balaban J connectivity index is 1.74. The summed E-state index contributed by atoms with van der Waals surface area (Å²) in [7, 11) is 2.07. The number of hydrogen-bond donors (Lipinski definition) is 2. The summed E-state index contributed by atoms with van der Waals surface area (Å²) in [4.78, 5) is 14.2. The lowest BCUT2D eigenvalue weighted by Crippen LogP contribution is -2.28. The van der Waals surface area contributed by atoms with Crippen LogP contribution in [0.3, 0.4) is 0 Å². The number of amides is 1. The SMILES string of the molecule is CCNC1C(=O)Nc2cc(N(C)CC3CCCO3)ccc21. The van der Waals surface area contributed by atoms with Crippen molar-refractivity contribution in [3.05, 3.63) is 23.8 Å². The number of benzene rings is 1. The van der Waals surface area contributed by atoms with Gasteiger partial charge in [0.15, 0.2) is 0 Å². The van der Waals surface area contributed by atoms with Crippen LogP contribution in [0.25, 0.3) is 0 Å². The fourth-order valence-electron chi connectivity index (χ4n) is 3.09. The molecular weight excluding hydrogens is 266 g/mol. The fraction of sp³-hybridized carbons (Fsp3) is 0.562. The normalized spacial score (nSPS) is 24.0. The number of nitrogens with one attached hydrogen (secondary N) is 2. The highest BCUT2D eigenvalue weighted by atomic mass is 16.5. The highest BCUT2D eigenvalue weighted by Gasteiger charge is 2.30. The van der Waals surface area contributed by atoms with Gasteiger partial charge in [0.05, 0.1) is 6.10 Å². The van der Waals surface area contributed by atoms with Crippen LogP contribution in [0.5, 0.6) is 0 Å². The molecule has 0 spiro atoms. The molecule has 1 fully saturated rings. The van der Waals surface area contributed by atoms with Crippen LogP contribution in [-0.4, -0.2) is 38.8 Å². The summed E-state index contributed by atoms with van der Waals surface area (Å²) in [6, 6.07) is 5.96. The van der Waals surface area contributed by atoms with Gasteiger partial charge < -0.3 is 20.3 Å². The van der Waals surface area contributed by atoms with Crippen molar-refractivity contribution in [2.75, 3.05) is 37.0 Å². The number of rotatable bonds is 5. The van der Waals surface area contributed by atoms with Crippen LogP contribution in [-0.2, 0) is 9.53 Å². The van der Waals surface area contributed by atoms with Crippen molar-refractivity contribution in [1.29, 1.82) is 0 Å². The third kappa shape index (κ3) is 2.89. The Hall–Kier alpha value is -1.59. The molecule has 1 aromatic carbocycles. The Bertz CT molecular complexity index is 526. The zero-order chi connectivity index (χ0) is 14.8. The predicted octanol–water partition coefficient (Wildman–Crippen LogP) is 1.90. The maximum Gasteiger partial charge on any atom is 0.246 e. The van der Waals surface area contributed by atoms with Crippen molar-refractivity contribution in [2.45, 2.75) is 31.9 Å². The molecule has 1 aromatic rings. The largest absolute Gasteiger partial charge is 0.376 e. The summed E-state index contributed by atoms with van der Waals surface area (Å²) >= 11 is 0. The zero-order valence-corrected chi connectivity index (χ0v) is 12.7. The molecular formula is C16H23N3O2. The van der Waals surface area contributed by atoms with Crippen LogP contribution in [0.1, 0.15) is 31.4 Å². The van der Waals surface area contributed by atoms with Crippen LogP contribution in [0.15, 0.2) is 18.2 Å². The van der Waals surface area contributed by atoms with E-state index in [1.54, 1.807) is 0 Å². The molecule has 1 amide bonds. The monoisotopic (exact) mass is 289 g/mol. The minimum Gasteiger partial charge on any atom is -0.376 e. The van der Waals surface area contributed by atoms with Crippen molar-refractivity contribution >= 4 is 17.3 Å². The van der Waals surface area contributed by atoms with Crippen LogP contribution in [0.4, 0.5) is 11.4 Å². The minimum absolute atomic E-state index is 0.0331. The number of fused-ring (bicyclic) bond motifs is 1. The number of ether oxygens (including phenoxy) is 1. The molecule has 0 radical (unpaired) electrons. The summed E-state index contributed by atoms with van der Waals surface area (Å²) < 4.78 is 5.68. The molecule has 2 aliphatic heterocycles. The lowest BCUT2D eigenvalue weighted by molar-refractivity contribution is -0.117. The number of likely N-dealkylation sites (N-methyl/N-ethyl adjacent to an activating group) is 2. The predicted molar refractivity (Wildman–Crippen MR) is 83.7 cm³/mol. The zero-order valence-electron chi connectivity index (χ0n) is 12.7. The van der Waals surface area contributed by atoms with Gasteiger partial charge in [-0.1, -0.05) is 13.0 Å². The van der Waals surface area contributed by atoms with Crippen molar-refractivity contribution in [3.63, 3.8) is 0 Å². The van der Waals surface area contributed by atoms with Gasteiger partial charge in [0, 0.05) is 37.1 Å². The lowest BCUT2D eigenvalue weighted by Gasteiger charge is -2.23. The molecule has 0 bridgehead atoms. The van der Waals surface area contributed by atoms with Gasteiger partial charge in [-0.25, -0.2) is 0 Å². The smallest absolute Gasteiger partial charge is 0.246 e. The molecule has 3 rings (SSSR count). The first-order valence-electron chi connectivity index (χ1n) is 7.70. The third-order valence-electron chi connectivity index (χ3n) is 4.22. The van der Waals surface area contributed by atoms with E-state index < -0.39 is 0 Å². The van der Waals surface area contributed by atoms with E-state index in [1.807, 2.05) is 13.0 Å². The number of anilines is 2. The minimum atomic E-state index is -0.220. The molecule has 2 unspecified atom stereocenters. The first-order valence-corrected chi connectivity index (χ1v) is 7.70. The van der Waals surface area contributed by atoms with Gasteiger partial charge in [0.25, 0.3) is 0 Å². The molecule has 21 heavy (non-hydrogen) atoms. The lowest BCUT2D eigenvalue weighted by atomic mass is 10.1. The van der Waals surface area contributed by atoms with Crippen molar-refractivity contribution < 1.29 is 9.53 Å². The maximum atomic E-state index is 12.0. The van der Waals surface area contributed by atoms with E-state index in [4.69, 9.17) is 4.74 Å². The van der Waals surface area contributed by atoms with Gasteiger partial charge >= 0.3 is 0 Å². The molecule has 2 atom stereocenters. The van der Waals surface area contributed by atoms with Gasteiger partial charge in [-0.15, -0.1) is 0 Å². The first-order chi connectivity index (χ1) is 10.2.